The highest BCUT2D eigenvalue weighted by Crippen LogP contribution is 2.43. The molecule has 0 amide bonds. The second-order valence-electron chi connectivity index (χ2n) is 9.00. The molecule has 1 saturated heterocycles. The first kappa shape index (κ1) is 20.4. The Hall–Kier alpha value is -2.55. The van der Waals surface area contributed by atoms with Gasteiger partial charge in [0, 0.05) is 49.6 Å². The van der Waals surface area contributed by atoms with E-state index in [-0.39, 0.29) is 30.0 Å². The number of carbonyl (C=O) groups is 1. The zero-order chi connectivity index (χ0) is 22.0. The van der Waals surface area contributed by atoms with Crippen LogP contribution in [0.3, 0.4) is 0 Å². The number of alkyl halides is 2. The smallest absolute Gasteiger partial charge is 0.341 e. The van der Waals surface area contributed by atoms with Gasteiger partial charge in [0.05, 0.1) is 17.2 Å². The molecule has 6 nitrogen and oxygen atoms in total. The van der Waals surface area contributed by atoms with Crippen LogP contribution < -0.4 is 15.6 Å². The molecule has 3 aliphatic rings. The first-order valence-electron chi connectivity index (χ1n) is 10.6. The Morgan fingerprint density at radius 3 is 2.58 bits per heavy atom. The third kappa shape index (κ3) is 3.48. The molecule has 31 heavy (non-hydrogen) atoms. The lowest BCUT2D eigenvalue weighted by Crippen LogP contribution is -2.30. The minimum Gasteiger partial charge on any atom is -0.477 e. The Morgan fingerprint density at radius 2 is 1.97 bits per heavy atom. The number of anilines is 1. The van der Waals surface area contributed by atoms with E-state index >= 15 is 4.39 Å². The fraction of sp³-hybridized carbons (Fsp3) is 0.545. The van der Waals surface area contributed by atoms with Crippen molar-refractivity contribution in [2.75, 3.05) is 24.5 Å². The monoisotopic (exact) mass is 435 g/mol. The molecule has 166 valence electrons. The summed E-state index contributed by atoms with van der Waals surface area (Å²) in [6.45, 7) is 2.51. The van der Waals surface area contributed by atoms with Gasteiger partial charge in [-0.25, -0.2) is 18.0 Å². The number of hydrogen-bond acceptors (Lipinski definition) is 4. The van der Waals surface area contributed by atoms with E-state index in [4.69, 9.17) is 0 Å². The van der Waals surface area contributed by atoms with Crippen molar-refractivity contribution < 1.29 is 23.1 Å². The summed E-state index contributed by atoms with van der Waals surface area (Å²) in [5, 5.41) is 12.6. The van der Waals surface area contributed by atoms with Gasteiger partial charge in [-0.2, -0.15) is 0 Å². The molecule has 2 heterocycles. The van der Waals surface area contributed by atoms with Crippen molar-refractivity contribution in [1.82, 2.24) is 9.88 Å². The molecule has 3 fully saturated rings. The Balaban J connectivity index is 1.59. The van der Waals surface area contributed by atoms with Gasteiger partial charge in [0.25, 0.3) is 0 Å². The number of rotatable bonds is 6. The van der Waals surface area contributed by atoms with Crippen LogP contribution in [0.4, 0.5) is 18.9 Å². The fourth-order valence-corrected chi connectivity index (χ4v) is 4.72. The molecule has 0 radical (unpaired) electrons. The van der Waals surface area contributed by atoms with Crippen LogP contribution in [0.1, 0.15) is 41.2 Å². The summed E-state index contributed by atoms with van der Waals surface area (Å²) in [7, 11) is 0. The number of aromatic carboxylic acids is 1. The number of hydrogen-bond donors (Lipinski definition) is 2. The number of aromatic nitrogens is 1. The quantitative estimate of drug-likeness (QED) is 0.730. The second kappa shape index (κ2) is 7.25. The van der Waals surface area contributed by atoms with E-state index in [0.29, 0.717) is 30.2 Å². The molecule has 2 aromatic rings. The van der Waals surface area contributed by atoms with Crippen molar-refractivity contribution in [1.29, 1.82) is 0 Å². The molecule has 2 saturated carbocycles. The van der Waals surface area contributed by atoms with Gasteiger partial charge in [-0.05, 0) is 31.4 Å². The molecule has 9 heteroatoms. The van der Waals surface area contributed by atoms with Gasteiger partial charge in [0.1, 0.15) is 23.7 Å². The van der Waals surface area contributed by atoms with E-state index < -0.39 is 41.2 Å². The molecule has 1 aliphatic heterocycles. The molecule has 4 atom stereocenters. The number of pyridine rings is 1. The lowest BCUT2D eigenvalue weighted by molar-refractivity contribution is 0.0694. The summed E-state index contributed by atoms with van der Waals surface area (Å²) in [6.07, 6.45) is 1.28. The first-order valence-corrected chi connectivity index (χ1v) is 10.6. The number of carboxylic acids is 1. The second-order valence-corrected chi connectivity index (χ2v) is 9.00. The third-order valence-electron chi connectivity index (χ3n) is 6.67. The molecule has 0 unspecified atom stereocenters. The molecule has 0 spiro atoms. The number of nitrogens with zero attached hydrogens (tertiary/aromatic N) is 2. The van der Waals surface area contributed by atoms with Crippen molar-refractivity contribution in [2.24, 2.45) is 5.92 Å². The molecular weight excluding hydrogens is 411 g/mol. The summed E-state index contributed by atoms with van der Waals surface area (Å²) in [6, 6.07) is 0.869. The lowest BCUT2D eigenvalue weighted by atomic mass is 10.0. The van der Waals surface area contributed by atoms with Gasteiger partial charge in [0.2, 0.25) is 5.43 Å². The minimum absolute atomic E-state index is 0.0346. The van der Waals surface area contributed by atoms with Crippen LogP contribution in [0.25, 0.3) is 10.9 Å². The highest BCUT2D eigenvalue weighted by molar-refractivity contribution is 5.95. The van der Waals surface area contributed by atoms with E-state index in [1.165, 1.54) is 4.57 Å². The summed E-state index contributed by atoms with van der Waals surface area (Å²) in [4.78, 5) is 25.9. The molecular formula is C22H24F3N3O3. The highest BCUT2D eigenvalue weighted by atomic mass is 19.1. The van der Waals surface area contributed by atoms with E-state index in [0.717, 1.165) is 25.1 Å². The zero-order valence-electron chi connectivity index (χ0n) is 17.1. The summed E-state index contributed by atoms with van der Waals surface area (Å²) in [5.74, 6) is -2.42. The number of halogens is 3. The zero-order valence-corrected chi connectivity index (χ0v) is 17.1. The molecule has 2 N–H and O–H groups in total. The average Bonchev–Trinajstić information content (AvgIpc) is 3.62. The lowest BCUT2D eigenvalue weighted by Gasteiger charge is -2.24. The van der Waals surface area contributed by atoms with Crippen LogP contribution in [-0.4, -0.2) is 53.7 Å². The Labute approximate surface area is 176 Å². The SMILES string of the molecule is Cc1c(N2C[C@@H](CNC3CC3)[C@H](F)C2)c(F)cc2c(=O)c(C(=O)O)cn([C@@H]3C[C@@H]3F)c12. The van der Waals surface area contributed by atoms with Crippen molar-refractivity contribution in [3.05, 3.63) is 39.4 Å². The average molecular weight is 435 g/mol. The molecule has 1 aromatic heterocycles. The van der Waals surface area contributed by atoms with Gasteiger partial charge >= 0.3 is 5.97 Å². The summed E-state index contributed by atoms with van der Waals surface area (Å²) in [5.41, 5.74) is -0.428. The molecule has 1 aromatic carbocycles. The van der Waals surface area contributed by atoms with Gasteiger partial charge in [-0.3, -0.25) is 4.79 Å². The maximum Gasteiger partial charge on any atom is 0.341 e. The fourth-order valence-electron chi connectivity index (χ4n) is 4.72. The van der Waals surface area contributed by atoms with Crippen molar-refractivity contribution >= 4 is 22.6 Å². The third-order valence-corrected chi connectivity index (χ3v) is 6.67. The predicted octanol–water partition coefficient (Wildman–Crippen LogP) is 2.96. The Bertz CT molecular complexity index is 1130. The normalized spacial score (nSPS) is 27.8. The first-order chi connectivity index (χ1) is 14.8. The summed E-state index contributed by atoms with van der Waals surface area (Å²) >= 11 is 0. The van der Waals surface area contributed by atoms with E-state index in [1.54, 1.807) is 11.8 Å². The maximum absolute atomic E-state index is 15.2. The number of nitrogens with one attached hydrogen (secondary N) is 1. The Morgan fingerprint density at radius 1 is 1.26 bits per heavy atom. The van der Waals surface area contributed by atoms with Crippen LogP contribution in [0.5, 0.6) is 0 Å². The largest absolute Gasteiger partial charge is 0.477 e. The van der Waals surface area contributed by atoms with Crippen LogP contribution >= 0.6 is 0 Å². The van der Waals surface area contributed by atoms with Gasteiger partial charge in [0.15, 0.2) is 0 Å². The number of carboxylic acid groups (broad SMARTS) is 1. The number of aryl methyl sites for hydroxylation is 1. The number of fused-ring (bicyclic) bond motifs is 1. The standard InChI is InChI=1S/C22H24F3N3O3/c1-10-19-13(21(29)14(22(30)31)8-28(19)18-5-15(18)23)4-16(24)20(10)27-7-11(17(25)9-27)6-26-12-2-3-12/h4,8,11-12,15,17-18,26H,2-3,5-7,9H2,1H3,(H,30,31)/t11-,15+,17-,18-/m1/s1. The molecule has 0 bridgehead atoms. The van der Waals surface area contributed by atoms with Gasteiger partial charge in [-0.15, -0.1) is 0 Å². The summed E-state index contributed by atoms with van der Waals surface area (Å²) < 4.78 is 45.2. The van der Waals surface area contributed by atoms with E-state index in [2.05, 4.69) is 5.32 Å². The van der Waals surface area contributed by atoms with Crippen molar-refractivity contribution in [3.8, 4) is 0 Å². The van der Waals surface area contributed by atoms with E-state index in [1.807, 2.05) is 0 Å². The van der Waals surface area contributed by atoms with Crippen LogP contribution in [0, 0.1) is 18.7 Å². The minimum atomic E-state index is -1.44. The van der Waals surface area contributed by atoms with Gasteiger partial charge in [-0.1, -0.05) is 0 Å². The van der Waals surface area contributed by atoms with Gasteiger partial charge < -0.3 is 19.9 Å². The van der Waals surface area contributed by atoms with E-state index in [9.17, 15) is 23.5 Å². The maximum atomic E-state index is 15.2. The molecule has 5 rings (SSSR count). The van der Waals surface area contributed by atoms with Crippen molar-refractivity contribution in [2.45, 2.75) is 50.6 Å². The predicted molar refractivity (Wildman–Crippen MR) is 110 cm³/mol. The van der Waals surface area contributed by atoms with Crippen LogP contribution in [0.15, 0.2) is 17.1 Å². The topological polar surface area (TPSA) is 74.6 Å². The highest BCUT2D eigenvalue weighted by Gasteiger charge is 2.41. The van der Waals surface area contributed by atoms with Crippen molar-refractivity contribution in [3.63, 3.8) is 0 Å². The number of benzene rings is 1. The van der Waals surface area contributed by atoms with Crippen LogP contribution in [0.2, 0.25) is 0 Å². The van der Waals surface area contributed by atoms with Crippen LogP contribution in [-0.2, 0) is 0 Å². The Kier molecular flexibility index (Phi) is 4.76. The molecule has 2 aliphatic carbocycles.